The highest BCUT2D eigenvalue weighted by Crippen LogP contribution is 2.30. The van der Waals surface area contributed by atoms with E-state index in [2.05, 4.69) is 0 Å². The van der Waals surface area contributed by atoms with Crippen molar-refractivity contribution in [1.29, 1.82) is 0 Å². The second-order valence-electron chi connectivity index (χ2n) is 9.95. The summed E-state index contributed by atoms with van der Waals surface area (Å²) in [6.07, 6.45) is 6.63. The lowest BCUT2D eigenvalue weighted by Gasteiger charge is -2.27. The normalized spacial score (nSPS) is 15.3. The van der Waals surface area contributed by atoms with Crippen LogP contribution in [0.15, 0.2) is 36.4 Å². The first-order valence-electron chi connectivity index (χ1n) is 13.4. The molecule has 0 aliphatic heterocycles. The van der Waals surface area contributed by atoms with Crippen molar-refractivity contribution < 1.29 is 38.7 Å². The Morgan fingerprint density at radius 2 is 1.32 bits per heavy atom. The van der Waals surface area contributed by atoms with E-state index in [0.29, 0.717) is 43.6 Å². The van der Waals surface area contributed by atoms with Gasteiger partial charge < -0.3 is 29.2 Å². The number of benzene rings is 2. The third kappa shape index (κ3) is 8.85. The van der Waals surface area contributed by atoms with Crippen molar-refractivity contribution in [3.63, 3.8) is 0 Å². The molecule has 1 aliphatic rings. The molecular weight excluding hydrogens is 488 g/mol. The maximum absolute atomic E-state index is 13.0. The minimum Gasteiger partial charge on any atom is -0.504 e. The number of carbonyl (C=O) groups excluding carboxylic acids is 2. The molecular formula is C30H40O8. The Morgan fingerprint density at radius 3 is 1.79 bits per heavy atom. The molecule has 2 atom stereocenters. The Kier molecular flexibility index (Phi) is 11.1. The van der Waals surface area contributed by atoms with Crippen LogP contribution in [0.1, 0.15) is 69.4 Å². The van der Waals surface area contributed by atoms with E-state index in [1.54, 1.807) is 24.3 Å². The van der Waals surface area contributed by atoms with Gasteiger partial charge in [0.1, 0.15) is 12.2 Å². The Labute approximate surface area is 224 Å². The summed E-state index contributed by atoms with van der Waals surface area (Å²) >= 11 is 0. The summed E-state index contributed by atoms with van der Waals surface area (Å²) in [7, 11) is 3.00. The van der Waals surface area contributed by atoms with Crippen LogP contribution in [0.3, 0.4) is 0 Å². The van der Waals surface area contributed by atoms with E-state index in [4.69, 9.17) is 18.9 Å². The van der Waals surface area contributed by atoms with Crippen LogP contribution < -0.4 is 9.47 Å². The summed E-state index contributed by atoms with van der Waals surface area (Å²) in [5.74, 6) is 0.250. The minimum atomic E-state index is -0.453. The van der Waals surface area contributed by atoms with Crippen LogP contribution in [0.25, 0.3) is 0 Å². The lowest BCUT2D eigenvalue weighted by molar-refractivity contribution is -0.159. The van der Waals surface area contributed by atoms with Gasteiger partial charge in [0, 0.05) is 13.3 Å². The van der Waals surface area contributed by atoms with Gasteiger partial charge in [0.25, 0.3) is 0 Å². The number of aryl methyl sites for hydroxylation is 2. The van der Waals surface area contributed by atoms with E-state index in [1.807, 2.05) is 12.1 Å². The van der Waals surface area contributed by atoms with Crippen LogP contribution in [0.5, 0.6) is 23.0 Å². The van der Waals surface area contributed by atoms with E-state index < -0.39 is 12.2 Å². The number of rotatable bonds is 13. The number of phenols is 2. The highest BCUT2D eigenvalue weighted by molar-refractivity contribution is 5.72. The van der Waals surface area contributed by atoms with Crippen molar-refractivity contribution in [2.75, 3.05) is 14.2 Å². The minimum absolute atomic E-state index is 0.0633. The predicted molar refractivity (Wildman–Crippen MR) is 143 cm³/mol. The van der Waals surface area contributed by atoms with Crippen molar-refractivity contribution in [2.24, 2.45) is 5.92 Å². The average Bonchev–Trinajstić information content (AvgIpc) is 2.91. The Morgan fingerprint density at radius 1 is 0.816 bits per heavy atom. The molecule has 0 unspecified atom stereocenters. The van der Waals surface area contributed by atoms with Crippen molar-refractivity contribution >= 4 is 11.9 Å². The molecule has 1 aliphatic carbocycles. The summed E-state index contributed by atoms with van der Waals surface area (Å²) < 4.78 is 22.1. The number of methoxy groups -OCH3 is 2. The molecule has 0 saturated heterocycles. The topological polar surface area (TPSA) is 112 Å². The fourth-order valence-corrected chi connectivity index (χ4v) is 4.99. The molecule has 8 nitrogen and oxygen atoms in total. The van der Waals surface area contributed by atoms with E-state index in [-0.39, 0.29) is 29.4 Å². The molecule has 2 aromatic carbocycles. The third-order valence-corrected chi connectivity index (χ3v) is 7.08. The first-order chi connectivity index (χ1) is 18.3. The van der Waals surface area contributed by atoms with Gasteiger partial charge in [-0.2, -0.15) is 0 Å². The molecule has 38 heavy (non-hydrogen) atoms. The largest absolute Gasteiger partial charge is 0.504 e. The summed E-state index contributed by atoms with van der Waals surface area (Å²) in [5.41, 5.74) is 1.88. The summed E-state index contributed by atoms with van der Waals surface area (Å²) in [6, 6.07) is 10.3. The number of esters is 2. The quantitative estimate of drug-likeness (QED) is 0.328. The van der Waals surface area contributed by atoms with Gasteiger partial charge in [-0.3, -0.25) is 9.59 Å². The van der Waals surface area contributed by atoms with Gasteiger partial charge in [0.05, 0.1) is 20.1 Å². The van der Waals surface area contributed by atoms with Crippen molar-refractivity contribution in [3.8, 4) is 23.0 Å². The molecule has 0 aromatic heterocycles. The highest BCUT2D eigenvalue weighted by atomic mass is 16.6. The summed E-state index contributed by atoms with van der Waals surface area (Å²) in [6.45, 7) is 1.38. The Bertz CT molecular complexity index is 1060. The lowest BCUT2D eigenvalue weighted by atomic mass is 9.89. The van der Waals surface area contributed by atoms with Crippen LogP contribution in [0.4, 0.5) is 0 Å². The molecule has 208 valence electrons. The number of hydrogen-bond acceptors (Lipinski definition) is 8. The van der Waals surface area contributed by atoms with Gasteiger partial charge in [0.15, 0.2) is 23.0 Å². The molecule has 3 rings (SSSR count). The smallest absolute Gasteiger partial charge is 0.309 e. The van der Waals surface area contributed by atoms with Gasteiger partial charge >= 0.3 is 11.9 Å². The van der Waals surface area contributed by atoms with Gasteiger partial charge in [-0.1, -0.05) is 31.4 Å². The molecule has 0 radical (unpaired) electrons. The van der Waals surface area contributed by atoms with Crippen molar-refractivity contribution in [2.45, 2.75) is 83.3 Å². The second kappa shape index (κ2) is 14.5. The third-order valence-electron chi connectivity index (χ3n) is 7.08. The first-order valence-corrected chi connectivity index (χ1v) is 13.4. The molecule has 8 heteroatoms. The molecule has 0 bridgehead atoms. The molecule has 0 heterocycles. The monoisotopic (exact) mass is 528 g/mol. The second-order valence-corrected chi connectivity index (χ2v) is 9.95. The zero-order valence-corrected chi connectivity index (χ0v) is 22.6. The van der Waals surface area contributed by atoms with Crippen LogP contribution in [0.2, 0.25) is 0 Å². The first kappa shape index (κ1) is 29.1. The summed E-state index contributed by atoms with van der Waals surface area (Å²) in [5, 5.41) is 19.8. The van der Waals surface area contributed by atoms with E-state index >= 15 is 0 Å². The van der Waals surface area contributed by atoms with Gasteiger partial charge in [-0.15, -0.1) is 0 Å². The number of ether oxygens (including phenoxy) is 4. The predicted octanol–water partition coefficient (Wildman–Crippen LogP) is 5.49. The van der Waals surface area contributed by atoms with Crippen LogP contribution >= 0.6 is 0 Å². The number of aromatic hydroxyl groups is 2. The Hall–Kier alpha value is -3.42. The average molecular weight is 529 g/mol. The van der Waals surface area contributed by atoms with Gasteiger partial charge in [-0.25, -0.2) is 0 Å². The van der Waals surface area contributed by atoms with Crippen LogP contribution in [-0.2, 0) is 31.9 Å². The van der Waals surface area contributed by atoms with Gasteiger partial charge in [0.2, 0.25) is 0 Å². The van der Waals surface area contributed by atoms with E-state index in [0.717, 1.165) is 43.2 Å². The van der Waals surface area contributed by atoms with E-state index in [9.17, 15) is 19.8 Å². The number of hydrogen-bond donors (Lipinski definition) is 2. The number of carbonyl (C=O) groups is 2. The number of phenolic OH excluding ortho intramolecular Hbond substituents is 2. The molecule has 0 amide bonds. The zero-order chi connectivity index (χ0) is 27.5. The van der Waals surface area contributed by atoms with Gasteiger partial charge in [-0.05, 0) is 73.9 Å². The maximum atomic E-state index is 13.0. The summed E-state index contributed by atoms with van der Waals surface area (Å²) in [4.78, 5) is 25.0. The maximum Gasteiger partial charge on any atom is 0.309 e. The lowest BCUT2D eigenvalue weighted by Crippen LogP contribution is -2.31. The van der Waals surface area contributed by atoms with E-state index in [1.165, 1.54) is 21.1 Å². The standard InChI is InChI=1S/C30H40O8/c1-20(31)37-24(13-9-21-11-15-26(32)28(17-21)35-2)19-25(38-30(34)23-7-5-4-6-8-23)14-10-22-12-16-27(33)29(18-22)36-3/h11-12,15-18,23-25,32-33H,4-10,13-14,19H2,1-3H3/t24-,25-/m0/s1. The fraction of sp³-hybridized carbons (Fsp3) is 0.533. The van der Waals surface area contributed by atoms with Crippen molar-refractivity contribution in [1.82, 2.24) is 0 Å². The molecule has 2 aromatic rings. The Balaban J connectivity index is 1.72. The molecule has 1 saturated carbocycles. The van der Waals surface area contributed by atoms with Crippen molar-refractivity contribution in [3.05, 3.63) is 47.5 Å². The highest BCUT2D eigenvalue weighted by Gasteiger charge is 2.28. The van der Waals surface area contributed by atoms with Crippen LogP contribution in [0, 0.1) is 5.92 Å². The SMILES string of the molecule is COc1cc(CC[C@@H](C[C@H](CCc2ccc(O)c(OC)c2)OC(=O)C2CCCCC2)OC(C)=O)ccc1O. The zero-order valence-electron chi connectivity index (χ0n) is 22.6. The molecule has 0 spiro atoms. The van der Waals surface area contributed by atoms with Crippen LogP contribution in [-0.4, -0.2) is 48.6 Å². The molecule has 2 N–H and O–H groups in total. The fourth-order valence-electron chi connectivity index (χ4n) is 4.99. The molecule has 1 fully saturated rings.